The maximum atomic E-state index is 5.16. The van der Waals surface area contributed by atoms with Crippen LogP contribution >= 0.6 is 22.7 Å². The van der Waals surface area contributed by atoms with Crippen molar-refractivity contribution in [2.75, 3.05) is 4.90 Å². The molecule has 6 heteroatoms. The molecule has 4 nitrogen and oxygen atoms in total. The molecule has 266 valence electrons. The number of hydrogen-bond acceptors (Lipinski definition) is 6. The van der Waals surface area contributed by atoms with Gasteiger partial charge < -0.3 is 4.90 Å². The molecule has 0 bridgehead atoms. The van der Waals surface area contributed by atoms with Crippen LogP contribution in [0.4, 0.5) is 17.1 Å². The van der Waals surface area contributed by atoms with Crippen molar-refractivity contribution in [2.24, 2.45) is 0 Å². The number of nitrogens with zero attached hydrogens (tertiary/aromatic N) is 4. The van der Waals surface area contributed by atoms with Gasteiger partial charge in [0, 0.05) is 32.1 Å². The monoisotopic (exact) mass is 754 g/mol. The van der Waals surface area contributed by atoms with E-state index < -0.39 is 0 Å². The number of aryl methyl sites for hydroxylation is 2. The van der Waals surface area contributed by atoms with E-state index in [0.717, 1.165) is 39.1 Å². The molecule has 9 aromatic rings. The Bertz CT molecular complexity index is 2860. The fraction of sp³-hybridized carbons (Fsp3) is 0.0600. The van der Waals surface area contributed by atoms with Gasteiger partial charge >= 0.3 is 0 Å². The highest BCUT2D eigenvalue weighted by Crippen LogP contribution is 2.65. The van der Waals surface area contributed by atoms with E-state index >= 15 is 0 Å². The van der Waals surface area contributed by atoms with E-state index in [2.05, 4.69) is 163 Å². The lowest BCUT2D eigenvalue weighted by Crippen LogP contribution is -2.36. The molecule has 2 aliphatic rings. The minimum atomic E-state index is -0.369. The second kappa shape index (κ2) is 12.8. The van der Waals surface area contributed by atoms with E-state index in [1.165, 1.54) is 48.9 Å². The van der Waals surface area contributed by atoms with E-state index in [4.69, 9.17) is 15.0 Å². The topological polar surface area (TPSA) is 41.9 Å². The van der Waals surface area contributed by atoms with Gasteiger partial charge in [-0.05, 0) is 106 Å². The number of para-hydroxylation sites is 2. The zero-order valence-electron chi connectivity index (χ0n) is 30.8. The normalized spacial score (nSPS) is 13.3. The van der Waals surface area contributed by atoms with Crippen LogP contribution in [-0.2, 0) is 5.41 Å². The molecule has 1 aliphatic carbocycles. The van der Waals surface area contributed by atoms with E-state index in [1.807, 2.05) is 46.9 Å². The molecule has 0 atom stereocenters. The van der Waals surface area contributed by atoms with Crippen LogP contribution in [0.15, 0.2) is 168 Å². The summed E-state index contributed by atoms with van der Waals surface area (Å²) in [6.45, 7) is 4.38. The summed E-state index contributed by atoms with van der Waals surface area (Å²) in [5.74, 6) is 1.96. The summed E-state index contributed by atoms with van der Waals surface area (Å²) in [5.41, 5.74) is 16.0. The Balaban J connectivity index is 1.06. The Morgan fingerprint density at radius 2 is 0.875 bits per heavy atom. The molecule has 56 heavy (non-hydrogen) atoms. The molecular formula is C50H34N4S2. The SMILES string of the molecule is Cc1cc(N2c3ccccc3C3(c4ccccc42)c2ccsc2-c2sccc23)c(C)cc1-c1nc(-c2ccccc2)nc(-c2ccc(-c3ccccc3)cc2)n1. The first kappa shape index (κ1) is 32.9. The fourth-order valence-corrected chi connectivity index (χ4v) is 11.0. The highest BCUT2D eigenvalue weighted by Gasteiger charge is 2.52. The van der Waals surface area contributed by atoms with Gasteiger partial charge in [0.15, 0.2) is 17.5 Å². The quantitative estimate of drug-likeness (QED) is 0.175. The third-order valence-corrected chi connectivity index (χ3v) is 13.4. The highest BCUT2D eigenvalue weighted by atomic mass is 32.1. The minimum absolute atomic E-state index is 0.369. The Morgan fingerprint density at radius 1 is 0.411 bits per heavy atom. The van der Waals surface area contributed by atoms with Crippen LogP contribution in [0.1, 0.15) is 33.4 Å². The van der Waals surface area contributed by atoms with Crippen LogP contribution in [0, 0.1) is 13.8 Å². The van der Waals surface area contributed by atoms with Gasteiger partial charge in [-0.25, -0.2) is 15.0 Å². The largest absolute Gasteiger partial charge is 0.310 e. The molecule has 0 N–H and O–H groups in total. The maximum Gasteiger partial charge on any atom is 0.164 e. The number of fused-ring (bicyclic) bond motifs is 9. The molecule has 0 saturated carbocycles. The first-order chi connectivity index (χ1) is 27.6. The second-order valence-corrected chi connectivity index (χ2v) is 16.3. The Morgan fingerprint density at radius 3 is 1.46 bits per heavy atom. The smallest absolute Gasteiger partial charge is 0.164 e. The third kappa shape index (κ3) is 4.86. The lowest BCUT2D eigenvalue weighted by molar-refractivity contribution is 0.756. The van der Waals surface area contributed by atoms with Crippen molar-refractivity contribution in [3.63, 3.8) is 0 Å². The van der Waals surface area contributed by atoms with Gasteiger partial charge in [0.05, 0.1) is 16.8 Å². The summed E-state index contributed by atoms with van der Waals surface area (Å²) in [4.78, 5) is 20.6. The molecule has 4 heterocycles. The van der Waals surface area contributed by atoms with Gasteiger partial charge in [0.1, 0.15) is 0 Å². The average Bonchev–Trinajstić information content (AvgIpc) is 4.00. The number of aromatic nitrogens is 3. The molecule has 0 radical (unpaired) electrons. The number of thiophene rings is 2. The first-order valence-electron chi connectivity index (χ1n) is 18.8. The number of anilines is 3. The molecule has 0 amide bonds. The molecule has 0 unspecified atom stereocenters. The molecular weight excluding hydrogens is 721 g/mol. The zero-order valence-corrected chi connectivity index (χ0v) is 32.4. The Kier molecular flexibility index (Phi) is 7.53. The standard InChI is InChI=1S/C50H34N4S2/c1-31-30-44(54-42-19-11-9-17-38(42)50(39-18-10-12-20-43(39)54)40-25-27-55-45(40)46-41(50)26-28-56-46)32(2)29-37(31)49-52-47(35-15-7-4-8-16-35)51-48(53-49)36-23-21-34(22-24-36)33-13-5-3-6-14-33/h3-30H,1-2H3. The number of hydrogen-bond donors (Lipinski definition) is 0. The fourth-order valence-electron chi connectivity index (χ4n) is 8.86. The Labute approximate surface area is 334 Å². The van der Waals surface area contributed by atoms with E-state index in [1.54, 1.807) is 0 Å². The second-order valence-electron chi connectivity index (χ2n) is 14.5. The van der Waals surface area contributed by atoms with Crippen molar-refractivity contribution in [2.45, 2.75) is 19.3 Å². The van der Waals surface area contributed by atoms with E-state index in [-0.39, 0.29) is 5.41 Å². The third-order valence-electron chi connectivity index (χ3n) is 11.4. The molecule has 1 aliphatic heterocycles. The molecule has 3 aromatic heterocycles. The van der Waals surface area contributed by atoms with Crippen molar-refractivity contribution in [1.29, 1.82) is 0 Å². The van der Waals surface area contributed by atoms with Crippen molar-refractivity contribution >= 4 is 39.7 Å². The average molecular weight is 755 g/mol. The highest BCUT2D eigenvalue weighted by molar-refractivity contribution is 7.21. The van der Waals surface area contributed by atoms with Gasteiger partial charge in [0.25, 0.3) is 0 Å². The van der Waals surface area contributed by atoms with Crippen LogP contribution in [0.3, 0.4) is 0 Å². The van der Waals surface area contributed by atoms with E-state index in [9.17, 15) is 0 Å². The van der Waals surface area contributed by atoms with Crippen LogP contribution in [0.5, 0.6) is 0 Å². The molecule has 11 rings (SSSR count). The van der Waals surface area contributed by atoms with Gasteiger partial charge in [-0.15, -0.1) is 22.7 Å². The molecule has 1 spiro atoms. The molecule has 6 aromatic carbocycles. The number of rotatable bonds is 5. The van der Waals surface area contributed by atoms with Crippen LogP contribution in [0.2, 0.25) is 0 Å². The summed E-state index contributed by atoms with van der Waals surface area (Å²) in [6, 6.07) is 56.4. The Hall–Kier alpha value is -6.47. The van der Waals surface area contributed by atoms with Crippen LogP contribution < -0.4 is 4.90 Å². The summed E-state index contributed by atoms with van der Waals surface area (Å²) >= 11 is 3.71. The van der Waals surface area contributed by atoms with Crippen LogP contribution in [0.25, 0.3) is 55.0 Å². The molecule has 0 saturated heterocycles. The summed E-state index contributed by atoms with van der Waals surface area (Å²) < 4.78 is 0. The number of benzene rings is 6. The summed E-state index contributed by atoms with van der Waals surface area (Å²) in [6.07, 6.45) is 0. The zero-order chi connectivity index (χ0) is 37.4. The summed E-state index contributed by atoms with van der Waals surface area (Å²) in [7, 11) is 0. The lowest BCUT2D eigenvalue weighted by atomic mass is 9.65. The predicted octanol–water partition coefficient (Wildman–Crippen LogP) is 13.4. The van der Waals surface area contributed by atoms with Crippen molar-refractivity contribution in [3.8, 4) is 55.0 Å². The molecule has 0 fully saturated rings. The lowest BCUT2D eigenvalue weighted by Gasteiger charge is -2.44. The van der Waals surface area contributed by atoms with E-state index in [0.29, 0.717) is 17.5 Å². The summed E-state index contributed by atoms with van der Waals surface area (Å²) in [5, 5.41) is 4.52. The van der Waals surface area contributed by atoms with Gasteiger partial charge in [0.2, 0.25) is 0 Å². The van der Waals surface area contributed by atoms with Crippen molar-refractivity contribution < 1.29 is 0 Å². The van der Waals surface area contributed by atoms with Crippen molar-refractivity contribution in [3.05, 3.63) is 202 Å². The van der Waals surface area contributed by atoms with Crippen LogP contribution in [-0.4, -0.2) is 15.0 Å². The predicted molar refractivity (Wildman–Crippen MR) is 232 cm³/mol. The minimum Gasteiger partial charge on any atom is -0.310 e. The van der Waals surface area contributed by atoms with Crippen molar-refractivity contribution in [1.82, 2.24) is 15.0 Å². The maximum absolute atomic E-state index is 5.16. The first-order valence-corrected chi connectivity index (χ1v) is 20.6. The van der Waals surface area contributed by atoms with Gasteiger partial charge in [-0.2, -0.15) is 0 Å². The van der Waals surface area contributed by atoms with Gasteiger partial charge in [-0.3, -0.25) is 0 Å². The van der Waals surface area contributed by atoms with Gasteiger partial charge in [-0.1, -0.05) is 121 Å².